The van der Waals surface area contributed by atoms with Gasteiger partial charge >= 0.3 is 0 Å². The highest BCUT2D eigenvalue weighted by Gasteiger charge is 1.98. The molecule has 0 radical (unpaired) electrons. The quantitative estimate of drug-likeness (QED) is 0.839. The van der Waals surface area contributed by atoms with Crippen molar-refractivity contribution < 1.29 is 4.79 Å². The van der Waals surface area contributed by atoms with Gasteiger partial charge in [0.05, 0.1) is 0 Å². The molecule has 1 aromatic rings. The van der Waals surface area contributed by atoms with Gasteiger partial charge in [-0.05, 0) is 18.6 Å². The van der Waals surface area contributed by atoms with Gasteiger partial charge in [-0.2, -0.15) is 0 Å². The van der Waals surface area contributed by atoms with E-state index in [-0.39, 0.29) is 11.9 Å². The lowest BCUT2D eigenvalue weighted by Crippen LogP contribution is -2.28. The summed E-state index contributed by atoms with van der Waals surface area (Å²) in [6, 6.07) is 7.59. The lowest BCUT2D eigenvalue weighted by molar-refractivity contribution is -0.119. The minimum absolute atomic E-state index is 0.0128. The predicted molar refractivity (Wildman–Crippen MR) is 63.8 cm³/mol. The Morgan fingerprint density at radius 2 is 2.13 bits per heavy atom. The highest BCUT2D eigenvalue weighted by Crippen LogP contribution is 2.16. The van der Waals surface area contributed by atoms with E-state index in [9.17, 15) is 4.79 Å². The molecule has 0 saturated heterocycles. The van der Waals surface area contributed by atoms with Crippen LogP contribution in [0.4, 0.5) is 0 Å². The molecule has 0 aromatic heterocycles. The van der Waals surface area contributed by atoms with Crippen molar-refractivity contribution in [3.8, 4) is 0 Å². The van der Waals surface area contributed by atoms with Gasteiger partial charge in [0.25, 0.3) is 0 Å². The zero-order chi connectivity index (χ0) is 11.3. The average molecular weight is 224 g/mol. The highest BCUT2D eigenvalue weighted by molar-refractivity contribution is 6.32. The zero-order valence-corrected chi connectivity index (χ0v) is 9.58. The minimum Gasteiger partial charge on any atom is -0.350 e. The monoisotopic (exact) mass is 223 g/mol. The van der Waals surface area contributed by atoms with Gasteiger partial charge in [-0.1, -0.05) is 42.0 Å². The number of rotatable bonds is 3. The van der Waals surface area contributed by atoms with Crippen molar-refractivity contribution in [3.05, 3.63) is 40.9 Å². The minimum atomic E-state index is -0.0358. The van der Waals surface area contributed by atoms with E-state index in [4.69, 9.17) is 11.6 Å². The van der Waals surface area contributed by atoms with E-state index in [1.807, 2.05) is 43.3 Å². The van der Waals surface area contributed by atoms with Crippen LogP contribution in [0.3, 0.4) is 0 Å². The van der Waals surface area contributed by atoms with E-state index in [1.165, 1.54) is 6.92 Å². The van der Waals surface area contributed by atoms with Crippen molar-refractivity contribution in [1.29, 1.82) is 0 Å². The third-order valence-electron chi connectivity index (χ3n) is 1.90. The number of amides is 1. The molecule has 1 N–H and O–H groups in total. The normalized spacial score (nSPS) is 12.7. The smallest absolute Gasteiger partial charge is 0.217 e. The van der Waals surface area contributed by atoms with Gasteiger partial charge in [0, 0.05) is 18.0 Å². The summed E-state index contributed by atoms with van der Waals surface area (Å²) in [4.78, 5) is 10.8. The molecule has 2 nitrogen and oxygen atoms in total. The van der Waals surface area contributed by atoms with Gasteiger partial charge in [-0.15, -0.1) is 0 Å². The van der Waals surface area contributed by atoms with Crippen LogP contribution >= 0.6 is 11.6 Å². The van der Waals surface area contributed by atoms with E-state index < -0.39 is 0 Å². The lowest BCUT2D eigenvalue weighted by Gasteiger charge is -2.06. The number of hydrogen-bond donors (Lipinski definition) is 1. The molecule has 15 heavy (non-hydrogen) atoms. The van der Waals surface area contributed by atoms with Gasteiger partial charge < -0.3 is 5.32 Å². The summed E-state index contributed by atoms with van der Waals surface area (Å²) in [5.74, 6) is -0.0358. The van der Waals surface area contributed by atoms with Gasteiger partial charge in [0.15, 0.2) is 0 Å². The maximum Gasteiger partial charge on any atom is 0.217 e. The molecule has 0 spiro atoms. The van der Waals surface area contributed by atoms with Crippen molar-refractivity contribution in [2.24, 2.45) is 0 Å². The Hall–Kier alpha value is -1.28. The third kappa shape index (κ3) is 4.17. The average Bonchev–Trinajstić information content (AvgIpc) is 2.15. The fraction of sp³-hybridized carbons (Fsp3) is 0.250. The van der Waals surface area contributed by atoms with Gasteiger partial charge in [-0.3, -0.25) is 4.79 Å². The summed E-state index contributed by atoms with van der Waals surface area (Å²) in [5, 5.41) is 3.48. The van der Waals surface area contributed by atoms with Gasteiger partial charge in [-0.25, -0.2) is 0 Å². The first-order valence-electron chi connectivity index (χ1n) is 4.79. The fourth-order valence-electron chi connectivity index (χ4n) is 1.23. The van der Waals surface area contributed by atoms with Crippen molar-refractivity contribution in [1.82, 2.24) is 5.32 Å². The second-order valence-corrected chi connectivity index (χ2v) is 3.78. The zero-order valence-electron chi connectivity index (χ0n) is 8.83. The lowest BCUT2D eigenvalue weighted by atomic mass is 10.2. The fourth-order valence-corrected chi connectivity index (χ4v) is 1.43. The third-order valence-corrected chi connectivity index (χ3v) is 2.24. The summed E-state index contributed by atoms with van der Waals surface area (Å²) < 4.78 is 0. The van der Waals surface area contributed by atoms with Crippen LogP contribution in [0.1, 0.15) is 19.4 Å². The topological polar surface area (TPSA) is 29.1 Å². The van der Waals surface area contributed by atoms with E-state index in [0.29, 0.717) is 5.02 Å². The van der Waals surface area contributed by atoms with E-state index in [2.05, 4.69) is 5.32 Å². The summed E-state index contributed by atoms with van der Waals surface area (Å²) in [6.07, 6.45) is 3.81. The Morgan fingerprint density at radius 1 is 1.47 bits per heavy atom. The number of halogens is 1. The van der Waals surface area contributed by atoms with Gasteiger partial charge in [0.2, 0.25) is 5.91 Å². The van der Waals surface area contributed by atoms with Crippen LogP contribution in [0.2, 0.25) is 5.02 Å². The Balaban J connectivity index is 2.65. The molecule has 0 saturated carbocycles. The van der Waals surface area contributed by atoms with Gasteiger partial charge in [0.1, 0.15) is 0 Å². The number of carbonyl (C=O) groups excluding carboxylic acids is 1. The van der Waals surface area contributed by atoms with Crippen LogP contribution in [0.25, 0.3) is 6.08 Å². The number of hydrogen-bond acceptors (Lipinski definition) is 1. The molecule has 0 fully saturated rings. The van der Waals surface area contributed by atoms with Crippen molar-refractivity contribution in [2.45, 2.75) is 19.9 Å². The number of benzene rings is 1. The van der Waals surface area contributed by atoms with Crippen LogP contribution in [0.5, 0.6) is 0 Å². The molecule has 1 amide bonds. The maximum atomic E-state index is 10.8. The number of carbonyl (C=O) groups is 1. The molecule has 0 bridgehead atoms. The molecular formula is C12H14ClNO. The molecule has 1 aromatic carbocycles. The Labute approximate surface area is 94.9 Å². The van der Waals surface area contributed by atoms with Crippen LogP contribution in [0, 0.1) is 0 Å². The molecule has 0 aliphatic heterocycles. The molecule has 0 unspecified atom stereocenters. The molecule has 0 heterocycles. The molecule has 3 heteroatoms. The first kappa shape index (κ1) is 11.8. The van der Waals surface area contributed by atoms with Crippen LogP contribution in [-0.4, -0.2) is 11.9 Å². The van der Waals surface area contributed by atoms with E-state index in [0.717, 1.165) is 5.56 Å². The summed E-state index contributed by atoms with van der Waals surface area (Å²) >= 11 is 5.97. The second-order valence-electron chi connectivity index (χ2n) is 3.37. The standard InChI is InChI=1S/C12H14ClNO/c1-9(14-10(2)15)7-8-11-5-3-4-6-12(11)13/h3-9H,1-2H3,(H,14,15)/b8-7+/t9-/m0/s1. The summed E-state index contributed by atoms with van der Waals surface area (Å²) in [7, 11) is 0. The molecule has 1 atom stereocenters. The van der Waals surface area contributed by atoms with Crippen LogP contribution < -0.4 is 5.32 Å². The first-order valence-corrected chi connectivity index (χ1v) is 5.17. The SMILES string of the molecule is CC(=O)N[C@@H](C)/C=C/c1ccccc1Cl. The molecule has 80 valence electrons. The number of nitrogens with one attached hydrogen (secondary N) is 1. The summed E-state index contributed by atoms with van der Waals surface area (Å²) in [6.45, 7) is 3.41. The second kappa shape index (κ2) is 5.56. The Kier molecular flexibility index (Phi) is 4.37. The van der Waals surface area contributed by atoms with Crippen molar-refractivity contribution in [3.63, 3.8) is 0 Å². The summed E-state index contributed by atoms with van der Waals surface area (Å²) in [5.41, 5.74) is 0.955. The highest BCUT2D eigenvalue weighted by atomic mass is 35.5. The van der Waals surface area contributed by atoms with E-state index in [1.54, 1.807) is 0 Å². The van der Waals surface area contributed by atoms with Crippen LogP contribution in [0.15, 0.2) is 30.3 Å². The van der Waals surface area contributed by atoms with Crippen molar-refractivity contribution in [2.75, 3.05) is 0 Å². The van der Waals surface area contributed by atoms with E-state index >= 15 is 0 Å². The molecule has 0 aliphatic carbocycles. The maximum absolute atomic E-state index is 10.8. The van der Waals surface area contributed by atoms with Crippen molar-refractivity contribution >= 4 is 23.6 Å². The predicted octanol–water partition coefficient (Wildman–Crippen LogP) is 2.88. The largest absolute Gasteiger partial charge is 0.350 e. The Morgan fingerprint density at radius 3 is 2.73 bits per heavy atom. The molecule has 1 rings (SSSR count). The van der Waals surface area contributed by atoms with Crippen LogP contribution in [-0.2, 0) is 4.79 Å². The first-order chi connectivity index (χ1) is 7.09. The Bertz CT molecular complexity index is 374. The molecular weight excluding hydrogens is 210 g/mol. The molecule has 0 aliphatic rings.